The van der Waals surface area contributed by atoms with E-state index in [2.05, 4.69) is 53.6 Å². The Balaban J connectivity index is 0.000000201. The predicted molar refractivity (Wildman–Crippen MR) is 280 cm³/mol. The van der Waals surface area contributed by atoms with Crippen molar-refractivity contribution < 1.29 is 78.0 Å². The van der Waals surface area contributed by atoms with Gasteiger partial charge in [0.2, 0.25) is 5.91 Å². The van der Waals surface area contributed by atoms with E-state index in [4.69, 9.17) is 9.84 Å². The second kappa shape index (κ2) is 28.0. The number of piperidine rings is 4. The zero-order valence-electron chi connectivity index (χ0n) is 44.6. The molecule has 2 N–H and O–H groups in total. The zero-order valence-corrected chi connectivity index (χ0v) is 44.6. The number of esters is 1. The molecule has 0 saturated carbocycles. The van der Waals surface area contributed by atoms with E-state index >= 15 is 0 Å². The smallest absolute Gasteiger partial charge is 0.481 e. The van der Waals surface area contributed by atoms with Crippen LogP contribution in [-0.4, -0.2) is 111 Å². The summed E-state index contributed by atoms with van der Waals surface area (Å²) in [5, 5.41) is 12.0. The quantitative estimate of drug-likeness (QED) is 0.0920. The third-order valence-electron chi connectivity index (χ3n) is 14.1. The number of rotatable bonds is 14. The number of hydrogen-bond acceptors (Lipinski definition) is 11. The van der Waals surface area contributed by atoms with Gasteiger partial charge in [-0.1, -0.05) is 30.3 Å². The summed E-state index contributed by atoms with van der Waals surface area (Å²) >= 11 is 0. The minimum absolute atomic E-state index is 0.00759. The van der Waals surface area contributed by atoms with Crippen molar-refractivity contribution >= 4 is 34.9 Å². The number of anilines is 3. The lowest BCUT2D eigenvalue weighted by Gasteiger charge is -2.34. The second-order valence-corrected chi connectivity index (χ2v) is 21.1. The molecular formula is C57H70F9N5O8. The molecule has 4 heterocycles. The highest BCUT2D eigenvalue weighted by Gasteiger charge is 2.34. The van der Waals surface area contributed by atoms with Crippen LogP contribution in [0, 0.1) is 23.7 Å². The van der Waals surface area contributed by atoms with E-state index in [0.29, 0.717) is 70.9 Å². The summed E-state index contributed by atoms with van der Waals surface area (Å²) in [6.45, 7) is 13.3. The molecule has 22 heteroatoms. The maximum absolute atomic E-state index is 12.7. The number of aliphatic carboxylic acids is 1. The number of ether oxygens (including phenoxy) is 4. The van der Waals surface area contributed by atoms with Crippen LogP contribution < -0.4 is 34.2 Å². The molecule has 0 unspecified atom stereocenters. The molecule has 0 aromatic heterocycles. The Morgan fingerprint density at radius 3 is 1.23 bits per heavy atom. The van der Waals surface area contributed by atoms with Crippen molar-refractivity contribution in [3.63, 3.8) is 0 Å². The number of likely N-dealkylation sites (tertiary alicyclic amines) is 1. The van der Waals surface area contributed by atoms with Gasteiger partial charge in [-0.15, -0.1) is 39.5 Å². The minimum atomic E-state index is -4.69. The highest BCUT2D eigenvalue weighted by atomic mass is 19.4. The summed E-state index contributed by atoms with van der Waals surface area (Å²) < 4.78 is 127. The Bertz CT molecular complexity index is 2480. The van der Waals surface area contributed by atoms with Gasteiger partial charge in [0.15, 0.2) is 0 Å². The Labute approximate surface area is 454 Å². The molecule has 1 amide bonds. The van der Waals surface area contributed by atoms with Crippen molar-refractivity contribution in [2.24, 2.45) is 23.7 Å². The summed E-state index contributed by atoms with van der Waals surface area (Å²) in [6, 6.07) is 27.9. The third kappa shape index (κ3) is 21.9. The molecule has 0 radical (unpaired) electrons. The van der Waals surface area contributed by atoms with E-state index in [0.717, 1.165) is 62.5 Å². The number of benzene rings is 4. The molecule has 8 rings (SSSR count). The van der Waals surface area contributed by atoms with Crippen molar-refractivity contribution in [2.75, 3.05) is 73.6 Å². The Morgan fingerprint density at radius 1 is 0.506 bits per heavy atom. The third-order valence-corrected chi connectivity index (χ3v) is 14.1. The number of alkyl halides is 9. The first-order chi connectivity index (χ1) is 37.2. The summed E-state index contributed by atoms with van der Waals surface area (Å²) in [7, 11) is 0. The number of carboxylic acids is 1. The molecule has 0 bridgehead atoms. The average Bonchev–Trinajstić information content (AvgIpc) is 3.40. The summed E-state index contributed by atoms with van der Waals surface area (Å²) in [5.74, 6) is -1.39. The van der Waals surface area contributed by atoms with Crippen LogP contribution in [0.25, 0.3) is 0 Å². The number of carbonyl (C=O) groups excluding carboxylic acids is 2. The molecule has 4 saturated heterocycles. The van der Waals surface area contributed by atoms with Crippen molar-refractivity contribution in [3.05, 3.63) is 109 Å². The van der Waals surface area contributed by atoms with Crippen LogP contribution in [0.1, 0.15) is 84.1 Å². The number of hydrogen-bond donors (Lipinski definition) is 2. The molecule has 434 valence electrons. The minimum Gasteiger partial charge on any atom is -0.481 e. The fraction of sp³-hybridized carbons (Fsp3) is 0.526. The molecule has 79 heavy (non-hydrogen) atoms. The molecule has 0 atom stereocenters. The number of amides is 1. The van der Waals surface area contributed by atoms with Gasteiger partial charge < -0.3 is 44.1 Å². The molecular weight excluding hydrogens is 1050 g/mol. The highest BCUT2D eigenvalue weighted by Crippen LogP contribution is 2.32. The number of halogens is 9. The number of nitrogens with one attached hydrogen (secondary N) is 1. The van der Waals surface area contributed by atoms with Gasteiger partial charge in [-0.3, -0.25) is 19.3 Å². The predicted octanol–water partition coefficient (Wildman–Crippen LogP) is 12.2. The average molecular weight is 1120 g/mol. The Kier molecular flexibility index (Phi) is 21.9. The van der Waals surface area contributed by atoms with Crippen molar-refractivity contribution in [1.82, 2.24) is 10.2 Å². The first-order valence-electron chi connectivity index (χ1n) is 26.6. The molecule has 0 spiro atoms. The van der Waals surface area contributed by atoms with Gasteiger partial charge in [0.25, 0.3) is 0 Å². The molecule has 4 aromatic rings. The molecule has 0 aliphatic carbocycles. The van der Waals surface area contributed by atoms with Crippen LogP contribution in [0.3, 0.4) is 0 Å². The molecule has 4 aromatic carbocycles. The lowest BCUT2D eigenvalue weighted by Crippen LogP contribution is -2.41. The largest absolute Gasteiger partial charge is 0.573 e. The van der Waals surface area contributed by atoms with Crippen molar-refractivity contribution in [2.45, 2.75) is 110 Å². The standard InChI is InChI=1S/C27H34F3N3O2.C17H22F3NO3.C13H14F3NO3/c28-27(29,30)35-25-8-6-24(7-9-25)33-18-13-23(14-19-33)26(34)31-15-10-21-11-16-32(17-12-21)20-22-4-2-1-3-5-22;1-16(2,3)24-15(22)12-8-10-21(11-9-12)13-4-6-14(7-5-13)23-17(18,19)20;14-13(15,16)20-11-3-1-10(2-4-11)17-7-5-9(6-8-17)12(18)19/h1-9,21,23H,10-20H2,(H,31,34);4-7,12H,8-11H2,1-3H3;1-4,9H,5-8H2,(H,18,19). The van der Waals surface area contributed by atoms with E-state index in [1.807, 2.05) is 36.6 Å². The Morgan fingerprint density at radius 2 is 0.873 bits per heavy atom. The van der Waals surface area contributed by atoms with Gasteiger partial charge in [-0.2, -0.15) is 0 Å². The summed E-state index contributed by atoms with van der Waals surface area (Å²) in [5.41, 5.74) is 3.28. The van der Waals surface area contributed by atoms with Gasteiger partial charge in [-0.05, 0) is 176 Å². The topological polar surface area (TPSA) is 133 Å². The van der Waals surface area contributed by atoms with E-state index in [1.54, 1.807) is 36.4 Å². The van der Waals surface area contributed by atoms with Gasteiger partial charge in [0.1, 0.15) is 22.8 Å². The summed E-state index contributed by atoms with van der Waals surface area (Å²) in [4.78, 5) is 44.2. The maximum Gasteiger partial charge on any atom is 0.573 e. The summed E-state index contributed by atoms with van der Waals surface area (Å²) in [6.07, 6.45) is -6.81. The van der Waals surface area contributed by atoms with Gasteiger partial charge in [0, 0.05) is 75.3 Å². The van der Waals surface area contributed by atoms with Gasteiger partial charge >= 0.3 is 31.0 Å². The van der Waals surface area contributed by atoms with Crippen LogP contribution in [0.5, 0.6) is 17.2 Å². The van der Waals surface area contributed by atoms with Gasteiger partial charge in [-0.25, -0.2) is 0 Å². The van der Waals surface area contributed by atoms with Crippen LogP contribution in [0.4, 0.5) is 56.6 Å². The molecule has 13 nitrogen and oxygen atoms in total. The van der Waals surface area contributed by atoms with Crippen molar-refractivity contribution in [1.29, 1.82) is 0 Å². The fourth-order valence-corrected chi connectivity index (χ4v) is 9.94. The number of carboxylic acid groups (broad SMARTS) is 1. The van der Waals surface area contributed by atoms with E-state index in [1.165, 1.54) is 54.8 Å². The monoisotopic (exact) mass is 1120 g/mol. The maximum atomic E-state index is 12.7. The van der Waals surface area contributed by atoms with Crippen LogP contribution in [0.2, 0.25) is 0 Å². The molecule has 4 fully saturated rings. The zero-order chi connectivity index (χ0) is 57.4. The highest BCUT2D eigenvalue weighted by molar-refractivity contribution is 5.79. The lowest BCUT2D eigenvalue weighted by atomic mass is 9.92. The SMILES string of the molecule is CC(C)(C)OC(=O)C1CCN(c2ccc(OC(F)(F)F)cc2)CC1.O=C(NCCC1CCN(Cc2ccccc2)CC1)C1CCN(c2ccc(OC(F)(F)F)cc2)CC1.O=C(O)C1CCN(c2ccc(OC(F)(F)F)cc2)CC1. The molecule has 4 aliphatic rings. The van der Waals surface area contributed by atoms with E-state index in [9.17, 15) is 53.9 Å². The molecule has 4 aliphatic heterocycles. The van der Waals surface area contributed by atoms with Crippen LogP contribution >= 0.6 is 0 Å². The number of carbonyl (C=O) groups is 3. The first kappa shape index (κ1) is 61.6. The second-order valence-electron chi connectivity index (χ2n) is 21.1. The van der Waals surface area contributed by atoms with Crippen molar-refractivity contribution in [3.8, 4) is 17.2 Å². The van der Waals surface area contributed by atoms with Crippen LogP contribution in [0.15, 0.2) is 103 Å². The fourth-order valence-electron chi connectivity index (χ4n) is 9.94. The van der Waals surface area contributed by atoms with E-state index < -0.39 is 30.7 Å². The number of nitrogens with zero attached hydrogens (tertiary/aromatic N) is 4. The van der Waals surface area contributed by atoms with E-state index in [-0.39, 0.29) is 46.9 Å². The normalized spacial score (nSPS) is 17.6. The Hall–Kier alpha value is -6.58. The lowest BCUT2D eigenvalue weighted by molar-refractivity contribution is -0.275. The van der Waals surface area contributed by atoms with Crippen LogP contribution in [-0.2, 0) is 25.7 Å². The first-order valence-corrected chi connectivity index (χ1v) is 26.6. The van der Waals surface area contributed by atoms with Gasteiger partial charge in [0.05, 0.1) is 11.8 Å².